The number of carboxylic acid groups (broad SMARTS) is 1. The van der Waals surface area contributed by atoms with E-state index in [4.69, 9.17) is 21.7 Å². The van der Waals surface area contributed by atoms with Crippen LogP contribution in [0, 0.1) is 0 Å². The smallest absolute Gasteiger partial charge is 0.304 e. The van der Waals surface area contributed by atoms with E-state index in [0.29, 0.717) is 35.1 Å². The molecule has 40 heavy (non-hydrogen) atoms. The summed E-state index contributed by atoms with van der Waals surface area (Å²) < 4.78 is 0. The molecule has 2 aliphatic rings. The third-order valence-electron chi connectivity index (χ3n) is 7.61. The number of aliphatic carboxylic acids is 1. The number of carbonyl (C=O) groups is 2. The normalized spacial score (nSPS) is 20.2. The molecule has 3 aromatic rings. The third-order valence-corrected chi connectivity index (χ3v) is 9.85. The minimum atomic E-state index is -0.785. The number of nitrogens with zero attached hydrogens (tertiary/aromatic N) is 6. The van der Waals surface area contributed by atoms with E-state index < -0.39 is 5.97 Å². The molecule has 5 heterocycles. The summed E-state index contributed by atoms with van der Waals surface area (Å²) in [5, 5.41) is 15.0. The Bertz CT molecular complexity index is 1330. The number of piperazine rings is 1. The van der Waals surface area contributed by atoms with Crippen LogP contribution in [0.1, 0.15) is 54.9 Å². The lowest BCUT2D eigenvalue weighted by atomic mass is 10.1. The van der Waals surface area contributed by atoms with E-state index >= 15 is 0 Å². The number of hydrogen-bond acceptors (Lipinski definition) is 10. The molecule has 2 N–H and O–H groups in total. The maximum absolute atomic E-state index is 13.1. The van der Waals surface area contributed by atoms with Crippen molar-refractivity contribution in [1.29, 1.82) is 0 Å². The van der Waals surface area contributed by atoms with Crippen LogP contribution in [0.4, 0.5) is 10.9 Å². The summed E-state index contributed by atoms with van der Waals surface area (Å²) in [6.45, 7) is 8.90. The SMILES string of the molecule is CC[C@@H]1CCCN1Cc1sc(NC(=O)c2cnc(N3CCN(CCC(=O)O)[C@@H](C)C3)cn2)nc1-c1cc(Cl)cs1. The molecule has 0 radical (unpaired) electrons. The summed E-state index contributed by atoms with van der Waals surface area (Å²) in [4.78, 5) is 46.6. The second-order valence-electron chi connectivity index (χ2n) is 10.3. The van der Waals surface area contributed by atoms with Crippen molar-refractivity contribution in [2.24, 2.45) is 0 Å². The first kappa shape index (κ1) is 28.9. The van der Waals surface area contributed by atoms with Crippen molar-refractivity contribution in [3.63, 3.8) is 0 Å². The first-order valence-corrected chi connectivity index (χ1v) is 15.7. The first-order chi connectivity index (χ1) is 19.3. The number of carboxylic acids is 1. The molecule has 3 aromatic heterocycles. The number of rotatable bonds is 10. The van der Waals surface area contributed by atoms with Gasteiger partial charge in [0.25, 0.3) is 5.91 Å². The van der Waals surface area contributed by atoms with Crippen molar-refractivity contribution < 1.29 is 14.7 Å². The standard InChI is InChI=1S/C27H34ClN7O3S2/c1-3-19-5-4-7-34(19)15-22-25(21-11-18(28)16-39-21)31-27(40-22)32-26(38)20-12-30-23(13-29-20)35-10-9-33(17(2)14-35)8-6-24(36)37/h11-13,16-17,19H,3-10,14-15H2,1-2H3,(H,36,37)(H,31,32,38)/t17-,19+/m0/s1. The van der Waals surface area contributed by atoms with Gasteiger partial charge in [0.15, 0.2) is 5.13 Å². The predicted molar refractivity (Wildman–Crippen MR) is 160 cm³/mol. The summed E-state index contributed by atoms with van der Waals surface area (Å²) in [5.74, 6) is -0.437. The van der Waals surface area contributed by atoms with Crippen molar-refractivity contribution >= 4 is 57.1 Å². The summed E-state index contributed by atoms with van der Waals surface area (Å²) in [5.41, 5.74) is 1.09. The van der Waals surface area contributed by atoms with Crippen LogP contribution in [-0.2, 0) is 11.3 Å². The number of thiophene rings is 1. The van der Waals surface area contributed by atoms with E-state index in [9.17, 15) is 9.59 Å². The molecule has 2 fully saturated rings. The largest absolute Gasteiger partial charge is 0.481 e. The van der Waals surface area contributed by atoms with Crippen LogP contribution >= 0.6 is 34.3 Å². The van der Waals surface area contributed by atoms with E-state index in [0.717, 1.165) is 48.0 Å². The van der Waals surface area contributed by atoms with Crippen molar-refractivity contribution in [2.45, 2.75) is 58.2 Å². The van der Waals surface area contributed by atoms with Crippen molar-refractivity contribution in [3.8, 4) is 10.6 Å². The quantitative estimate of drug-likeness (QED) is 0.333. The molecule has 2 atom stereocenters. The zero-order valence-electron chi connectivity index (χ0n) is 22.7. The van der Waals surface area contributed by atoms with Crippen LogP contribution in [0.5, 0.6) is 0 Å². The lowest BCUT2D eigenvalue weighted by Gasteiger charge is -2.40. The number of nitrogens with one attached hydrogen (secondary N) is 1. The van der Waals surface area contributed by atoms with Crippen LogP contribution in [0.2, 0.25) is 5.02 Å². The van der Waals surface area contributed by atoms with E-state index in [1.165, 1.54) is 30.4 Å². The molecule has 10 nitrogen and oxygen atoms in total. The Labute approximate surface area is 247 Å². The average Bonchev–Trinajstić information content (AvgIpc) is 3.68. The van der Waals surface area contributed by atoms with Gasteiger partial charge in [-0.1, -0.05) is 29.9 Å². The first-order valence-electron chi connectivity index (χ1n) is 13.6. The van der Waals surface area contributed by atoms with Gasteiger partial charge >= 0.3 is 5.97 Å². The number of amides is 1. The molecule has 0 bridgehead atoms. The Kier molecular flexibility index (Phi) is 9.31. The second kappa shape index (κ2) is 12.9. The van der Waals surface area contributed by atoms with Gasteiger partial charge in [0.1, 0.15) is 11.5 Å². The van der Waals surface area contributed by atoms with Gasteiger partial charge in [-0.15, -0.1) is 11.3 Å². The predicted octanol–water partition coefficient (Wildman–Crippen LogP) is 4.93. The van der Waals surface area contributed by atoms with Gasteiger partial charge < -0.3 is 10.0 Å². The summed E-state index contributed by atoms with van der Waals surface area (Å²) in [6.07, 6.45) is 6.79. The van der Waals surface area contributed by atoms with Gasteiger partial charge in [0.2, 0.25) is 0 Å². The van der Waals surface area contributed by atoms with Crippen LogP contribution < -0.4 is 10.2 Å². The Morgan fingerprint density at radius 2 is 2.05 bits per heavy atom. The van der Waals surface area contributed by atoms with Crippen molar-refractivity contribution in [3.05, 3.63) is 39.4 Å². The number of likely N-dealkylation sites (tertiary alicyclic amines) is 1. The van der Waals surface area contributed by atoms with Crippen LogP contribution in [0.3, 0.4) is 0 Å². The maximum atomic E-state index is 13.1. The highest BCUT2D eigenvalue weighted by molar-refractivity contribution is 7.17. The number of anilines is 2. The molecule has 1 amide bonds. The fourth-order valence-corrected chi connectivity index (χ4v) is 7.58. The number of carbonyl (C=O) groups excluding carboxylic acids is 1. The maximum Gasteiger partial charge on any atom is 0.304 e. The zero-order valence-corrected chi connectivity index (χ0v) is 25.1. The number of hydrogen-bond donors (Lipinski definition) is 2. The van der Waals surface area contributed by atoms with Gasteiger partial charge in [-0.3, -0.25) is 24.7 Å². The summed E-state index contributed by atoms with van der Waals surface area (Å²) in [7, 11) is 0. The van der Waals surface area contributed by atoms with E-state index in [1.807, 2.05) is 11.4 Å². The average molecular weight is 604 g/mol. The van der Waals surface area contributed by atoms with Gasteiger partial charge in [-0.2, -0.15) is 0 Å². The lowest BCUT2D eigenvalue weighted by Crippen LogP contribution is -2.52. The zero-order chi connectivity index (χ0) is 28.2. The minimum absolute atomic E-state index is 0.134. The molecule has 5 rings (SSSR count). The topological polar surface area (TPSA) is 115 Å². The van der Waals surface area contributed by atoms with Crippen LogP contribution in [0.25, 0.3) is 10.6 Å². The van der Waals surface area contributed by atoms with Gasteiger partial charge in [-0.05, 0) is 38.8 Å². The summed E-state index contributed by atoms with van der Waals surface area (Å²) >= 11 is 9.28. The fourth-order valence-electron chi connectivity index (χ4n) is 5.43. The van der Waals surface area contributed by atoms with E-state index in [-0.39, 0.29) is 24.1 Å². The molecular weight excluding hydrogens is 570 g/mol. The molecule has 2 saturated heterocycles. The van der Waals surface area contributed by atoms with Crippen LogP contribution in [0.15, 0.2) is 23.8 Å². The van der Waals surface area contributed by atoms with Crippen LogP contribution in [-0.4, -0.2) is 86.5 Å². The van der Waals surface area contributed by atoms with Gasteiger partial charge in [-0.25, -0.2) is 15.0 Å². The van der Waals surface area contributed by atoms with Gasteiger partial charge in [0.05, 0.1) is 34.4 Å². The molecule has 2 aliphatic heterocycles. The van der Waals surface area contributed by atoms with Crippen molar-refractivity contribution in [1.82, 2.24) is 24.8 Å². The minimum Gasteiger partial charge on any atom is -0.481 e. The Hall–Kier alpha value is -2.64. The molecule has 0 saturated carbocycles. The molecule has 214 valence electrons. The number of aromatic nitrogens is 3. The second-order valence-corrected chi connectivity index (χ2v) is 12.7. The molecule has 0 spiro atoms. The molecule has 0 aliphatic carbocycles. The van der Waals surface area contributed by atoms with Crippen molar-refractivity contribution in [2.75, 3.05) is 42.9 Å². The molecule has 13 heteroatoms. The number of halogens is 1. The molecular formula is C27H34ClN7O3S2. The highest BCUT2D eigenvalue weighted by Crippen LogP contribution is 2.38. The third kappa shape index (κ3) is 6.80. The van der Waals surface area contributed by atoms with E-state index in [1.54, 1.807) is 17.5 Å². The lowest BCUT2D eigenvalue weighted by molar-refractivity contribution is -0.137. The monoisotopic (exact) mass is 603 g/mol. The highest BCUT2D eigenvalue weighted by atomic mass is 35.5. The Morgan fingerprint density at radius 1 is 1.20 bits per heavy atom. The molecule has 0 aromatic carbocycles. The van der Waals surface area contributed by atoms with Gasteiger partial charge in [0, 0.05) is 55.1 Å². The molecule has 0 unspecified atom stereocenters. The van der Waals surface area contributed by atoms with E-state index in [2.05, 4.69) is 43.8 Å². The Balaban J connectivity index is 1.25. The highest BCUT2D eigenvalue weighted by Gasteiger charge is 2.27. The fraction of sp³-hybridized carbons (Fsp3) is 0.519. The summed E-state index contributed by atoms with van der Waals surface area (Å²) in [6, 6.07) is 2.69. The Morgan fingerprint density at radius 3 is 2.73 bits per heavy atom. The number of thiazole rings is 1.